The quantitative estimate of drug-likeness (QED) is 0.655. The Morgan fingerprint density at radius 2 is 2.16 bits per heavy atom. The number of nitrogens with one attached hydrogen (secondary N) is 1. The molecular weight excluding hydrogens is 429 g/mol. The van der Waals surface area contributed by atoms with Crippen LogP contribution >= 0.6 is 39.1 Å². The van der Waals surface area contributed by atoms with Gasteiger partial charge in [-0.1, -0.05) is 29.3 Å². The highest BCUT2D eigenvalue weighted by atomic mass is 79.9. The van der Waals surface area contributed by atoms with E-state index in [1.165, 1.54) is 0 Å². The third-order valence-corrected chi connectivity index (χ3v) is 5.28. The van der Waals surface area contributed by atoms with Gasteiger partial charge in [-0.3, -0.25) is 4.79 Å². The number of amides is 1. The number of carbonyl (C=O) groups is 1. The van der Waals surface area contributed by atoms with Crippen molar-refractivity contribution in [3.8, 4) is 5.75 Å². The highest BCUT2D eigenvalue weighted by Crippen LogP contribution is 2.31. The van der Waals surface area contributed by atoms with E-state index < -0.39 is 0 Å². The fraction of sp³-hybridized carbons (Fsp3) is 0.278. The Kier molecular flexibility index (Phi) is 6.23. The number of rotatable bonds is 5. The summed E-state index contributed by atoms with van der Waals surface area (Å²) in [5, 5.41) is 3.45. The van der Waals surface area contributed by atoms with Crippen LogP contribution in [0, 0.1) is 0 Å². The van der Waals surface area contributed by atoms with E-state index in [1.807, 2.05) is 0 Å². The molecule has 25 heavy (non-hydrogen) atoms. The fourth-order valence-electron chi connectivity index (χ4n) is 2.51. The van der Waals surface area contributed by atoms with Crippen LogP contribution in [0.4, 0.5) is 5.69 Å². The second kappa shape index (κ2) is 8.41. The molecule has 1 heterocycles. The number of hydrogen-bond donors (Lipinski definition) is 1. The number of benzene rings is 2. The van der Waals surface area contributed by atoms with Gasteiger partial charge in [0, 0.05) is 12.2 Å². The molecule has 0 aliphatic carbocycles. The first-order valence-electron chi connectivity index (χ1n) is 7.84. The molecule has 1 aliphatic rings. The highest BCUT2D eigenvalue weighted by Gasteiger charge is 2.17. The van der Waals surface area contributed by atoms with Crippen LogP contribution in [0.2, 0.25) is 10.0 Å². The van der Waals surface area contributed by atoms with Crippen molar-refractivity contribution in [3.63, 3.8) is 0 Å². The van der Waals surface area contributed by atoms with Gasteiger partial charge in [0.05, 0.1) is 26.3 Å². The first-order valence-corrected chi connectivity index (χ1v) is 9.39. The van der Waals surface area contributed by atoms with Gasteiger partial charge in [0.15, 0.2) is 0 Å². The molecule has 1 unspecified atom stereocenters. The van der Waals surface area contributed by atoms with Crippen molar-refractivity contribution in [1.82, 2.24) is 0 Å². The van der Waals surface area contributed by atoms with Gasteiger partial charge in [-0.15, -0.1) is 0 Å². The minimum Gasteiger partial charge on any atom is -0.490 e. The number of anilines is 1. The summed E-state index contributed by atoms with van der Waals surface area (Å²) in [4.78, 5) is 12.4. The minimum atomic E-state index is -0.282. The van der Waals surface area contributed by atoms with Crippen molar-refractivity contribution >= 4 is 50.7 Å². The minimum absolute atomic E-state index is 0.139. The molecule has 2 aromatic carbocycles. The fourth-order valence-corrected chi connectivity index (χ4v) is 3.35. The van der Waals surface area contributed by atoms with Crippen LogP contribution in [0.5, 0.6) is 5.75 Å². The molecule has 1 aliphatic heterocycles. The van der Waals surface area contributed by atoms with Crippen molar-refractivity contribution in [2.24, 2.45) is 0 Å². The first-order chi connectivity index (χ1) is 12.0. The van der Waals surface area contributed by atoms with Gasteiger partial charge in [0.2, 0.25) is 0 Å². The third kappa shape index (κ3) is 4.67. The summed E-state index contributed by atoms with van der Waals surface area (Å²) >= 11 is 15.5. The van der Waals surface area contributed by atoms with Crippen LogP contribution in [0.1, 0.15) is 23.2 Å². The van der Waals surface area contributed by atoms with Gasteiger partial charge in [-0.25, -0.2) is 0 Å². The summed E-state index contributed by atoms with van der Waals surface area (Å²) in [6.45, 7) is 1.29. The SMILES string of the molecule is O=C(Nc1cccc(Cl)c1Cl)c1ccc(OCC2CCCO2)c(Br)c1. The average Bonchev–Trinajstić information content (AvgIpc) is 3.11. The van der Waals surface area contributed by atoms with Gasteiger partial charge in [-0.05, 0) is 59.1 Å². The molecule has 2 aromatic rings. The van der Waals surface area contributed by atoms with Gasteiger partial charge in [0.25, 0.3) is 5.91 Å². The van der Waals surface area contributed by atoms with E-state index in [0.29, 0.717) is 38.1 Å². The lowest BCUT2D eigenvalue weighted by molar-refractivity contribution is 0.0677. The molecule has 1 saturated heterocycles. The molecule has 1 amide bonds. The Morgan fingerprint density at radius 1 is 1.32 bits per heavy atom. The molecule has 0 spiro atoms. The number of ether oxygens (including phenoxy) is 2. The number of carbonyl (C=O) groups excluding carboxylic acids is 1. The summed E-state index contributed by atoms with van der Waals surface area (Å²) in [5.41, 5.74) is 0.946. The summed E-state index contributed by atoms with van der Waals surface area (Å²) < 4.78 is 12.0. The van der Waals surface area contributed by atoms with E-state index in [2.05, 4.69) is 21.2 Å². The molecular formula is C18H16BrCl2NO3. The van der Waals surface area contributed by atoms with Crippen LogP contribution in [0.15, 0.2) is 40.9 Å². The van der Waals surface area contributed by atoms with E-state index >= 15 is 0 Å². The molecule has 4 nitrogen and oxygen atoms in total. The highest BCUT2D eigenvalue weighted by molar-refractivity contribution is 9.10. The van der Waals surface area contributed by atoms with Gasteiger partial charge >= 0.3 is 0 Å². The van der Waals surface area contributed by atoms with Gasteiger partial charge in [0.1, 0.15) is 12.4 Å². The lowest BCUT2D eigenvalue weighted by Crippen LogP contribution is -2.16. The van der Waals surface area contributed by atoms with E-state index in [1.54, 1.807) is 36.4 Å². The van der Waals surface area contributed by atoms with Crippen molar-refractivity contribution in [2.75, 3.05) is 18.5 Å². The smallest absolute Gasteiger partial charge is 0.255 e. The largest absolute Gasteiger partial charge is 0.490 e. The van der Waals surface area contributed by atoms with Crippen LogP contribution in [0.3, 0.4) is 0 Å². The van der Waals surface area contributed by atoms with Crippen LogP contribution in [0.25, 0.3) is 0 Å². The second-order valence-electron chi connectivity index (χ2n) is 5.65. The lowest BCUT2D eigenvalue weighted by atomic mass is 10.2. The second-order valence-corrected chi connectivity index (χ2v) is 7.29. The number of halogens is 3. The Labute approximate surface area is 164 Å². The van der Waals surface area contributed by atoms with Crippen molar-refractivity contribution in [2.45, 2.75) is 18.9 Å². The van der Waals surface area contributed by atoms with E-state index in [-0.39, 0.29) is 12.0 Å². The third-order valence-electron chi connectivity index (χ3n) is 3.84. The molecule has 3 rings (SSSR count). The molecule has 0 bridgehead atoms. The van der Waals surface area contributed by atoms with E-state index in [9.17, 15) is 4.79 Å². The Morgan fingerprint density at radius 3 is 2.88 bits per heavy atom. The van der Waals surface area contributed by atoms with Crippen LogP contribution in [-0.2, 0) is 4.74 Å². The zero-order valence-corrected chi connectivity index (χ0v) is 16.3. The molecule has 0 aromatic heterocycles. The summed E-state index contributed by atoms with van der Waals surface area (Å²) in [5.74, 6) is 0.392. The van der Waals surface area contributed by atoms with E-state index in [4.69, 9.17) is 32.7 Å². The Balaban J connectivity index is 1.66. The molecule has 1 fully saturated rings. The normalized spacial score (nSPS) is 16.7. The van der Waals surface area contributed by atoms with Crippen LogP contribution in [-0.4, -0.2) is 25.2 Å². The summed E-state index contributed by atoms with van der Waals surface area (Å²) in [6.07, 6.45) is 2.22. The van der Waals surface area contributed by atoms with Gasteiger partial charge in [-0.2, -0.15) is 0 Å². The summed E-state index contributed by atoms with van der Waals surface area (Å²) in [7, 11) is 0. The van der Waals surface area contributed by atoms with Crippen LogP contribution < -0.4 is 10.1 Å². The maximum Gasteiger partial charge on any atom is 0.255 e. The molecule has 7 heteroatoms. The molecule has 0 saturated carbocycles. The Hall–Kier alpha value is -1.27. The van der Waals surface area contributed by atoms with Crippen molar-refractivity contribution < 1.29 is 14.3 Å². The Bertz CT molecular complexity index is 779. The monoisotopic (exact) mass is 443 g/mol. The maximum atomic E-state index is 12.4. The molecule has 1 atom stereocenters. The lowest BCUT2D eigenvalue weighted by Gasteiger charge is -2.13. The van der Waals surface area contributed by atoms with E-state index in [0.717, 1.165) is 19.4 Å². The summed E-state index contributed by atoms with van der Waals surface area (Å²) in [6, 6.07) is 10.2. The average molecular weight is 445 g/mol. The molecule has 132 valence electrons. The zero-order chi connectivity index (χ0) is 17.8. The van der Waals surface area contributed by atoms with Crippen molar-refractivity contribution in [3.05, 3.63) is 56.5 Å². The zero-order valence-electron chi connectivity index (χ0n) is 13.2. The number of hydrogen-bond acceptors (Lipinski definition) is 3. The standard InChI is InChI=1S/C18H16BrCl2NO3/c19-13-9-11(6-7-16(13)25-10-12-3-2-8-24-12)18(23)22-15-5-1-4-14(20)17(15)21/h1,4-7,9,12H,2-3,8,10H2,(H,22,23). The predicted octanol–water partition coefficient (Wildman–Crippen LogP) is 5.57. The maximum absolute atomic E-state index is 12.4. The molecule has 0 radical (unpaired) electrons. The molecule has 1 N–H and O–H groups in total. The van der Waals surface area contributed by atoms with Gasteiger partial charge < -0.3 is 14.8 Å². The predicted molar refractivity (Wildman–Crippen MR) is 103 cm³/mol. The van der Waals surface area contributed by atoms with Crippen molar-refractivity contribution in [1.29, 1.82) is 0 Å². The topological polar surface area (TPSA) is 47.6 Å². The first kappa shape index (κ1) is 18.5.